The Bertz CT molecular complexity index is 498. The van der Waals surface area contributed by atoms with Gasteiger partial charge in [0.25, 0.3) is 0 Å². The molecule has 1 aromatic rings. The molecule has 0 saturated carbocycles. The summed E-state index contributed by atoms with van der Waals surface area (Å²) in [6.07, 6.45) is 3.38. The highest BCUT2D eigenvalue weighted by atomic mass is 28.4. The van der Waals surface area contributed by atoms with Gasteiger partial charge < -0.3 is 9.16 Å². The number of carbonyl (C=O) groups is 1. The fourth-order valence-corrected chi connectivity index (χ4v) is 4.42. The van der Waals surface area contributed by atoms with E-state index in [2.05, 4.69) is 45.7 Å². The van der Waals surface area contributed by atoms with Crippen molar-refractivity contribution in [2.45, 2.75) is 57.9 Å². The van der Waals surface area contributed by atoms with Crippen molar-refractivity contribution < 1.29 is 14.0 Å². The Kier molecular flexibility index (Phi) is 7.10. The summed E-state index contributed by atoms with van der Waals surface area (Å²) in [5, 5.41) is 0. The van der Waals surface area contributed by atoms with Gasteiger partial charge in [-0.05, 0) is 37.3 Å². The molecule has 0 saturated heterocycles. The molecular formula is C18H31O3Si2+. The Labute approximate surface area is 143 Å². The maximum atomic E-state index is 11.6. The lowest BCUT2D eigenvalue weighted by Gasteiger charge is -2.25. The van der Waals surface area contributed by atoms with Gasteiger partial charge in [-0.1, -0.05) is 31.8 Å². The number of rotatable bonds is 8. The van der Waals surface area contributed by atoms with E-state index in [1.807, 2.05) is 24.3 Å². The van der Waals surface area contributed by atoms with Crippen LogP contribution in [0.4, 0.5) is 0 Å². The normalized spacial score (nSPS) is 13.5. The second-order valence-electron chi connectivity index (χ2n) is 8.12. The molecular weight excluding hydrogens is 320 g/mol. The zero-order valence-corrected chi connectivity index (χ0v) is 17.6. The molecule has 1 rings (SSSR count). The fraction of sp³-hybridized carbons (Fsp3) is 0.556. The summed E-state index contributed by atoms with van der Waals surface area (Å²) in [5.74, 6) is -0.301. The van der Waals surface area contributed by atoms with Gasteiger partial charge in [0.05, 0.1) is 33.2 Å². The molecule has 0 aliphatic carbocycles. The molecule has 1 aromatic carbocycles. The largest absolute Gasteiger partial charge is 0.465 e. The molecule has 23 heavy (non-hydrogen) atoms. The minimum Gasteiger partial charge on any atom is -0.465 e. The van der Waals surface area contributed by atoms with Gasteiger partial charge in [0, 0.05) is 0 Å². The molecule has 5 heteroatoms. The van der Waals surface area contributed by atoms with E-state index in [9.17, 15) is 4.79 Å². The first-order valence-electron chi connectivity index (χ1n) is 8.19. The summed E-state index contributed by atoms with van der Waals surface area (Å²) >= 11 is 0. The molecule has 0 aromatic heterocycles. The Morgan fingerprint density at radius 3 is 2.09 bits per heavy atom. The van der Waals surface area contributed by atoms with Gasteiger partial charge in [-0.2, -0.15) is 0 Å². The third-order valence-electron chi connectivity index (χ3n) is 3.34. The van der Waals surface area contributed by atoms with Crippen molar-refractivity contribution in [3.63, 3.8) is 0 Å². The average Bonchev–Trinajstić information content (AvgIpc) is 2.43. The van der Waals surface area contributed by atoms with Crippen LogP contribution in [0.3, 0.4) is 0 Å². The highest BCUT2D eigenvalue weighted by molar-refractivity contribution is 6.76. The zero-order valence-electron chi connectivity index (χ0n) is 15.6. The van der Waals surface area contributed by atoms with Gasteiger partial charge >= 0.3 is 5.97 Å². The SMILES string of the molecule is COC(=O)c1ccc(C(C[CH+]C[Si](C)(C)C)O[Si](C)(C)C)cc1. The van der Waals surface area contributed by atoms with Gasteiger partial charge in [-0.25, -0.2) is 4.79 Å². The van der Waals surface area contributed by atoms with E-state index in [0.717, 1.165) is 12.0 Å². The zero-order chi connectivity index (χ0) is 17.7. The van der Waals surface area contributed by atoms with Crippen molar-refractivity contribution in [2.75, 3.05) is 7.11 Å². The quantitative estimate of drug-likeness (QED) is 0.362. The van der Waals surface area contributed by atoms with Crippen LogP contribution in [0.15, 0.2) is 24.3 Å². The minimum absolute atomic E-state index is 0.0738. The predicted octanol–water partition coefficient (Wildman–Crippen LogP) is 5.30. The first kappa shape index (κ1) is 20.0. The number of benzene rings is 1. The maximum Gasteiger partial charge on any atom is 0.337 e. The lowest BCUT2D eigenvalue weighted by molar-refractivity contribution is 0.0600. The number of hydrogen-bond acceptors (Lipinski definition) is 3. The van der Waals surface area contributed by atoms with Crippen LogP contribution in [0.25, 0.3) is 0 Å². The Hall–Kier alpha value is -1.05. The highest BCUT2D eigenvalue weighted by Crippen LogP contribution is 2.28. The topological polar surface area (TPSA) is 35.5 Å². The van der Waals surface area contributed by atoms with Crippen molar-refractivity contribution in [3.05, 3.63) is 41.8 Å². The van der Waals surface area contributed by atoms with Gasteiger partial charge in [-0.15, -0.1) is 0 Å². The van der Waals surface area contributed by atoms with Gasteiger partial charge in [0.15, 0.2) is 8.32 Å². The van der Waals surface area contributed by atoms with Crippen LogP contribution in [0.5, 0.6) is 0 Å². The van der Waals surface area contributed by atoms with Crippen LogP contribution in [0.1, 0.15) is 28.4 Å². The first-order valence-corrected chi connectivity index (χ1v) is 15.3. The van der Waals surface area contributed by atoms with Crippen molar-refractivity contribution in [1.29, 1.82) is 0 Å². The van der Waals surface area contributed by atoms with E-state index >= 15 is 0 Å². The van der Waals surface area contributed by atoms with Crippen LogP contribution in [0.2, 0.25) is 45.3 Å². The molecule has 0 radical (unpaired) electrons. The van der Waals surface area contributed by atoms with Crippen LogP contribution in [-0.4, -0.2) is 29.5 Å². The molecule has 0 aliphatic rings. The summed E-state index contributed by atoms with van der Waals surface area (Å²) in [7, 11) is -1.31. The molecule has 3 nitrogen and oxygen atoms in total. The monoisotopic (exact) mass is 351 g/mol. The van der Waals surface area contributed by atoms with E-state index in [1.54, 1.807) is 0 Å². The maximum absolute atomic E-state index is 11.6. The smallest absolute Gasteiger partial charge is 0.337 e. The number of carbonyl (C=O) groups excluding carboxylic acids is 1. The molecule has 0 heterocycles. The summed E-state index contributed by atoms with van der Waals surface area (Å²) in [6.45, 7) is 13.8. The molecule has 0 aliphatic heterocycles. The molecule has 0 amide bonds. The summed E-state index contributed by atoms with van der Waals surface area (Å²) < 4.78 is 11.1. The number of ether oxygens (including phenoxy) is 1. The second-order valence-corrected chi connectivity index (χ2v) is 18.1. The summed E-state index contributed by atoms with van der Waals surface area (Å²) in [6, 6.07) is 8.80. The summed E-state index contributed by atoms with van der Waals surface area (Å²) in [4.78, 5) is 11.6. The van der Waals surface area contributed by atoms with Crippen LogP contribution >= 0.6 is 0 Å². The third kappa shape index (κ3) is 7.86. The van der Waals surface area contributed by atoms with E-state index < -0.39 is 16.4 Å². The van der Waals surface area contributed by atoms with E-state index in [-0.39, 0.29) is 12.1 Å². The van der Waals surface area contributed by atoms with Crippen molar-refractivity contribution in [2.24, 2.45) is 0 Å². The molecule has 0 N–H and O–H groups in total. The molecule has 0 bridgehead atoms. The van der Waals surface area contributed by atoms with Crippen molar-refractivity contribution in [1.82, 2.24) is 0 Å². The Balaban J connectivity index is 2.84. The molecule has 1 unspecified atom stereocenters. The minimum atomic E-state index is -1.64. The lowest BCUT2D eigenvalue weighted by atomic mass is 10.0. The van der Waals surface area contributed by atoms with Gasteiger partial charge in [-0.3, -0.25) is 0 Å². The average molecular weight is 352 g/mol. The first-order chi connectivity index (χ1) is 10.5. The van der Waals surface area contributed by atoms with E-state index in [1.165, 1.54) is 13.2 Å². The Morgan fingerprint density at radius 2 is 1.65 bits per heavy atom. The standard InChI is InChI=1S/C18H31O3Si2/c1-20-18(19)16-12-10-15(11-13-16)17(21-23(5,6)7)9-8-14-22(2,3)4/h8,10-13,17H,9,14H2,1-7H3/q+1. The molecule has 128 valence electrons. The predicted molar refractivity (Wildman–Crippen MR) is 102 cm³/mol. The van der Waals surface area contributed by atoms with Gasteiger partial charge in [0.1, 0.15) is 12.5 Å². The number of esters is 1. The molecule has 0 fully saturated rings. The fourth-order valence-electron chi connectivity index (χ4n) is 2.30. The van der Waals surface area contributed by atoms with E-state index in [4.69, 9.17) is 9.16 Å². The molecule has 1 atom stereocenters. The van der Waals surface area contributed by atoms with Crippen molar-refractivity contribution in [3.8, 4) is 0 Å². The summed E-state index contributed by atoms with van der Waals surface area (Å²) in [5.41, 5.74) is 1.71. The Morgan fingerprint density at radius 1 is 1.09 bits per heavy atom. The van der Waals surface area contributed by atoms with Crippen LogP contribution in [-0.2, 0) is 9.16 Å². The van der Waals surface area contributed by atoms with Crippen LogP contribution < -0.4 is 0 Å². The number of hydrogen-bond donors (Lipinski definition) is 0. The molecule has 0 spiro atoms. The number of methoxy groups -OCH3 is 1. The van der Waals surface area contributed by atoms with Crippen LogP contribution in [0, 0.1) is 6.42 Å². The lowest BCUT2D eigenvalue weighted by Crippen LogP contribution is -2.28. The third-order valence-corrected chi connectivity index (χ3v) is 5.84. The second kappa shape index (κ2) is 8.17. The van der Waals surface area contributed by atoms with E-state index in [0.29, 0.717) is 5.56 Å². The van der Waals surface area contributed by atoms with Crippen molar-refractivity contribution >= 4 is 22.4 Å². The van der Waals surface area contributed by atoms with Gasteiger partial charge in [0.2, 0.25) is 0 Å². The highest BCUT2D eigenvalue weighted by Gasteiger charge is 2.27.